The van der Waals surface area contributed by atoms with E-state index in [0.29, 0.717) is 0 Å². The molecule has 10 aromatic rings. The number of fused-ring (bicyclic) bond motifs is 2. The Hall–Kier alpha value is -7.65. The molecule has 0 amide bonds. The Kier molecular flexibility index (Phi) is 8.65. The average Bonchev–Trinajstić information content (AvgIpc) is 4.04. The summed E-state index contributed by atoms with van der Waals surface area (Å²) in [7, 11) is 0. The first-order valence-corrected chi connectivity index (χ1v) is 20.6. The molecular weight excluding hydrogens is 725 g/mol. The van der Waals surface area contributed by atoms with Gasteiger partial charge in [-0.1, -0.05) is 206 Å². The molecule has 0 saturated carbocycles. The van der Waals surface area contributed by atoms with Crippen molar-refractivity contribution in [2.45, 2.75) is 5.66 Å². The third kappa shape index (κ3) is 6.50. The van der Waals surface area contributed by atoms with Crippen LogP contribution in [0.25, 0.3) is 88.3 Å². The van der Waals surface area contributed by atoms with Gasteiger partial charge < -0.3 is 0 Å². The molecule has 0 radical (unpaired) electrons. The number of nitrogens with zero attached hydrogens (tertiary/aromatic N) is 1. The van der Waals surface area contributed by atoms with Crippen LogP contribution in [0.2, 0.25) is 0 Å². The van der Waals surface area contributed by atoms with E-state index in [2.05, 4.69) is 231 Å². The lowest BCUT2D eigenvalue weighted by atomic mass is 9.92. The van der Waals surface area contributed by atoms with E-state index in [0.717, 1.165) is 39.1 Å². The van der Waals surface area contributed by atoms with Crippen LogP contribution in [0.5, 0.6) is 0 Å². The predicted molar refractivity (Wildman–Crippen MR) is 253 cm³/mol. The van der Waals surface area contributed by atoms with Gasteiger partial charge in [-0.3, -0.25) is 10.7 Å². The molecule has 1 aliphatic heterocycles. The average molecular weight is 765 g/mol. The highest BCUT2D eigenvalue weighted by Crippen LogP contribution is 2.41. The molecule has 1 unspecified atom stereocenters. The lowest BCUT2D eigenvalue weighted by Gasteiger charge is -2.14. The summed E-state index contributed by atoms with van der Waals surface area (Å²) in [5.74, 6) is 0. The maximum Gasteiger partial charge on any atom is 0.177 e. The van der Waals surface area contributed by atoms with Crippen LogP contribution in [0.4, 0.5) is 0 Å². The summed E-state index contributed by atoms with van der Waals surface area (Å²) in [6.07, 6.45) is 0. The number of hydrogen-bond acceptors (Lipinski definition) is 2. The van der Waals surface area contributed by atoms with E-state index >= 15 is 0 Å². The summed E-state index contributed by atoms with van der Waals surface area (Å²) in [6.45, 7) is 0. The van der Waals surface area contributed by atoms with Gasteiger partial charge in [-0.25, -0.2) is 0 Å². The molecule has 0 aromatic heterocycles. The van der Waals surface area contributed by atoms with Crippen LogP contribution in [0.15, 0.2) is 236 Å². The van der Waals surface area contributed by atoms with E-state index in [1.54, 1.807) is 0 Å². The minimum absolute atomic E-state index is 0.864. The van der Waals surface area contributed by atoms with Gasteiger partial charge in [0.15, 0.2) is 5.66 Å². The fourth-order valence-electron chi connectivity index (χ4n) is 8.81. The highest BCUT2D eigenvalue weighted by Gasteiger charge is 2.46. The Morgan fingerprint density at radius 1 is 0.283 bits per heavy atom. The van der Waals surface area contributed by atoms with Crippen molar-refractivity contribution >= 4 is 27.3 Å². The zero-order valence-electron chi connectivity index (χ0n) is 33.0. The molecular formula is C58H40N2. The van der Waals surface area contributed by atoms with Gasteiger partial charge >= 0.3 is 0 Å². The molecule has 2 heteroatoms. The molecule has 10 aromatic carbocycles. The minimum atomic E-state index is -0.864. The van der Waals surface area contributed by atoms with Crippen molar-refractivity contribution < 1.29 is 0 Å². The SMILES string of the molecule is NC1(c2cccc(-c3cccc(-c4ccc(-c5cccc6ccccc56)cc4)c3)c2)N=C1c1cccc(-c2cccc(-c3ccc(-c4cccc5ccccc45)cc3)c2)c1. The smallest absolute Gasteiger partial charge is 0.177 e. The number of aliphatic imine (C=N–C) groups is 1. The predicted octanol–water partition coefficient (Wildman–Crippen LogP) is 14.6. The van der Waals surface area contributed by atoms with Crippen LogP contribution in [0.1, 0.15) is 11.1 Å². The van der Waals surface area contributed by atoms with E-state index < -0.39 is 5.66 Å². The van der Waals surface area contributed by atoms with Crippen LogP contribution in [0, 0.1) is 0 Å². The normalized spacial score (nSPS) is 14.6. The molecule has 0 saturated heterocycles. The molecule has 0 bridgehead atoms. The maximum absolute atomic E-state index is 7.08. The summed E-state index contributed by atoms with van der Waals surface area (Å²) in [6, 6.07) is 82.6. The van der Waals surface area contributed by atoms with Gasteiger partial charge in [0.1, 0.15) is 0 Å². The first kappa shape index (κ1) is 35.5. The Bertz CT molecular complexity index is 3260. The van der Waals surface area contributed by atoms with E-state index in [1.807, 2.05) is 0 Å². The number of benzene rings is 10. The van der Waals surface area contributed by atoms with Crippen molar-refractivity contribution in [3.05, 3.63) is 242 Å². The first-order valence-electron chi connectivity index (χ1n) is 20.6. The van der Waals surface area contributed by atoms with Crippen molar-refractivity contribution in [1.82, 2.24) is 0 Å². The second kappa shape index (κ2) is 14.6. The molecule has 1 heterocycles. The van der Waals surface area contributed by atoms with Crippen LogP contribution < -0.4 is 5.73 Å². The number of rotatable bonds is 8. The second-order valence-corrected chi connectivity index (χ2v) is 15.8. The fraction of sp³-hybridized carbons (Fsp3) is 0.0172. The van der Waals surface area contributed by atoms with Gasteiger partial charge in [0, 0.05) is 11.1 Å². The summed E-state index contributed by atoms with van der Waals surface area (Å²) in [5.41, 5.74) is 23.3. The molecule has 60 heavy (non-hydrogen) atoms. The summed E-state index contributed by atoms with van der Waals surface area (Å²) in [5, 5.41) is 5.04. The van der Waals surface area contributed by atoms with Crippen molar-refractivity contribution in [3.8, 4) is 66.8 Å². The Morgan fingerprint density at radius 3 is 1.13 bits per heavy atom. The number of nitrogens with two attached hydrogens (primary N) is 1. The Labute approximate surface area is 350 Å². The molecule has 2 N–H and O–H groups in total. The topological polar surface area (TPSA) is 38.4 Å². The van der Waals surface area contributed by atoms with Crippen molar-refractivity contribution in [2.24, 2.45) is 10.7 Å². The first-order chi connectivity index (χ1) is 29.6. The van der Waals surface area contributed by atoms with E-state index in [9.17, 15) is 0 Å². The summed E-state index contributed by atoms with van der Waals surface area (Å²) >= 11 is 0. The molecule has 0 aliphatic carbocycles. The molecule has 0 spiro atoms. The Morgan fingerprint density at radius 2 is 0.633 bits per heavy atom. The van der Waals surface area contributed by atoms with E-state index in [-0.39, 0.29) is 0 Å². The van der Waals surface area contributed by atoms with Crippen molar-refractivity contribution in [2.75, 3.05) is 0 Å². The van der Waals surface area contributed by atoms with E-state index in [4.69, 9.17) is 10.7 Å². The highest BCUT2D eigenvalue weighted by molar-refractivity contribution is 6.17. The highest BCUT2D eigenvalue weighted by atomic mass is 15.2. The van der Waals surface area contributed by atoms with Crippen LogP contribution >= 0.6 is 0 Å². The van der Waals surface area contributed by atoms with Crippen molar-refractivity contribution in [3.63, 3.8) is 0 Å². The maximum atomic E-state index is 7.08. The van der Waals surface area contributed by atoms with Gasteiger partial charge in [0.2, 0.25) is 0 Å². The monoisotopic (exact) mass is 764 g/mol. The molecule has 0 fully saturated rings. The molecule has 11 rings (SSSR count). The van der Waals surface area contributed by atoms with Crippen LogP contribution in [-0.2, 0) is 5.66 Å². The quantitative estimate of drug-likeness (QED) is 0.164. The zero-order valence-corrected chi connectivity index (χ0v) is 33.0. The number of hydrogen-bond donors (Lipinski definition) is 1. The lowest BCUT2D eigenvalue weighted by molar-refractivity contribution is 0.758. The third-order valence-electron chi connectivity index (χ3n) is 12.1. The van der Waals surface area contributed by atoms with Crippen LogP contribution in [-0.4, -0.2) is 5.71 Å². The minimum Gasteiger partial charge on any atom is -0.298 e. The molecule has 1 aliphatic rings. The van der Waals surface area contributed by atoms with Gasteiger partial charge in [0.25, 0.3) is 0 Å². The van der Waals surface area contributed by atoms with Gasteiger partial charge in [-0.2, -0.15) is 0 Å². The zero-order chi connectivity index (χ0) is 40.0. The Balaban J connectivity index is 0.817. The molecule has 282 valence electrons. The van der Waals surface area contributed by atoms with Crippen molar-refractivity contribution in [1.29, 1.82) is 0 Å². The standard InChI is InChI=1S/C58H40N2/c59-58(52-22-8-20-50(38-52)48-18-6-16-46(36-48)40-29-33-44(34-30-40)56-26-10-14-42-12-2-4-24-54(42)56)57(60-58)51-21-7-19-49(37-51)47-17-5-15-45(35-47)39-27-31-43(32-28-39)55-25-9-13-41-11-1-3-23-53(41)55/h1-38H,59H2. The van der Waals surface area contributed by atoms with Gasteiger partial charge in [0.05, 0.1) is 5.71 Å². The summed E-state index contributed by atoms with van der Waals surface area (Å²) < 4.78 is 0. The summed E-state index contributed by atoms with van der Waals surface area (Å²) in [4.78, 5) is 4.93. The van der Waals surface area contributed by atoms with Gasteiger partial charge in [-0.15, -0.1) is 0 Å². The lowest BCUT2D eigenvalue weighted by Crippen LogP contribution is -2.28. The second-order valence-electron chi connectivity index (χ2n) is 15.8. The van der Waals surface area contributed by atoms with Crippen LogP contribution in [0.3, 0.4) is 0 Å². The largest absolute Gasteiger partial charge is 0.298 e. The fourth-order valence-corrected chi connectivity index (χ4v) is 8.81. The van der Waals surface area contributed by atoms with Gasteiger partial charge in [-0.05, 0) is 113 Å². The van der Waals surface area contributed by atoms with E-state index in [1.165, 1.54) is 66.1 Å². The molecule has 2 nitrogen and oxygen atoms in total. The third-order valence-corrected chi connectivity index (χ3v) is 12.1. The molecule has 1 atom stereocenters.